The predicted molar refractivity (Wildman–Crippen MR) is 92.7 cm³/mol. The number of carbonyl (C=O) groups is 1. The van der Waals surface area contributed by atoms with Gasteiger partial charge in [0.2, 0.25) is 11.8 Å². The molecule has 1 aromatic heterocycles. The maximum Gasteiger partial charge on any atom is 0.227 e. The van der Waals surface area contributed by atoms with Crippen molar-refractivity contribution in [3.05, 3.63) is 46.8 Å². The SMILES string of the molecule is CN1CC=C(c2noc(CCC(=O)Nc3ccc(F)cc3Cl)n2)CC1. The molecule has 0 unspecified atom stereocenters. The number of halogens is 2. The zero-order valence-electron chi connectivity index (χ0n) is 13.8. The Morgan fingerprint density at radius 3 is 3.04 bits per heavy atom. The van der Waals surface area contributed by atoms with Crippen molar-refractivity contribution in [1.82, 2.24) is 15.0 Å². The number of rotatable bonds is 5. The third-order valence-electron chi connectivity index (χ3n) is 3.94. The number of benzene rings is 1. The molecule has 0 aliphatic carbocycles. The van der Waals surface area contributed by atoms with Crippen LogP contribution in [0.3, 0.4) is 0 Å². The first kappa shape index (κ1) is 17.6. The molecular weight excluding hydrogens is 347 g/mol. The van der Waals surface area contributed by atoms with Crippen molar-refractivity contribution in [3.63, 3.8) is 0 Å². The maximum atomic E-state index is 13.0. The first-order valence-corrected chi connectivity index (χ1v) is 8.34. The Morgan fingerprint density at radius 1 is 1.48 bits per heavy atom. The lowest BCUT2D eigenvalue weighted by Crippen LogP contribution is -2.23. The lowest BCUT2D eigenvalue weighted by atomic mass is 10.1. The maximum absolute atomic E-state index is 13.0. The van der Waals surface area contributed by atoms with Gasteiger partial charge in [0.1, 0.15) is 5.82 Å². The number of nitrogens with one attached hydrogen (secondary N) is 1. The van der Waals surface area contributed by atoms with Crippen LogP contribution in [0.25, 0.3) is 5.57 Å². The van der Waals surface area contributed by atoms with E-state index >= 15 is 0 Å². The Hall–Kier alpha value is -2.25. The second-order valence-corrected chi connectivity index (χ2v) is 6.33. The van der Waals surface area contributed by atoms with Gasteiger partial charge in [-0.3, -0.25) is 4.79 Å². The van der Waals surface area contributed by atoms with E-state index in [1.54, 1.807) is 0 Å². The third kappa shape index (κ3) is 4.64. The molecule has 132 valence electrons. The van der Waals surface area contributed by atoms with Gasteiger partial charge in [-0.15, -0.1) is 0 Å². The summed E-state index contributed by atoms with van der Waals surface area (Å²) in [6, 6.07) is 3.81. The zero-order valence-corrected chi connectivity index (χ0v) is 14.5. The van der Waals surface area contributed by atoms with Crippen molar-refractivity contribution in [3.8, 4) is 0 Å². The van der Waals surface area contributed by atoms with E-state index in [2.05, 4.69) is 33.5 Å². The van der Waals surface area contributed by atoms with Crippen molar-refractivity contribution in [1.29, 1.82) is 0 Å². The lowest BCUT2D eigenvalue weighted by molar-refractivity contribution is -0.116. The number of hydrogen-bond donors (Lipinski definition) is 1. The van der Waals surface area contributed by atoms with Crippen LogP contribution in [0.2, 0.25) is 5.02 Å². The number of anilines is 1. The van der Waals surface area contributed by atoms with Gasteiger partial charge in [0.05, 0.1) is 10.7 Å². The number of likely N-dealkylation sites (N-methyl/N-ethyl adjacent to an activating group) is 1. The predicted octanol–water partition coefficient (Wildman–Crippen LogP) is 3.15. The van der Waals surface area contributed by atoms with Crippen LogP contribution in [0.4, 0.5) is 10.1 Å². The minimum Gasteiger partial charge on any atom is -0.339 e. The molecule has 0 spiro atoms. The van der Waals surface area contributed by atoms with Crippen LogP contribution < -0.4 is 5.32 Å². The van der Waals surface area contributed by atoms with Crippen molar-refractivity contribution < 1.29 is 13.7 Å². The van der Waals surface area contributed by atoms with Gasteiger partial charge in [-0.2, -0.15) is 4.98 Å². The van der Waals surface area contributed by atoms with Crippen LogP contribution in [0.15, 0.2) is 28.8 Å². The molecule has 0 bridgehead atoms. The normalized spacial score (nSPS) is 15.1. The molecule has 2 aromatic rings. The van der Waals surface area contributed by atoms with Crippen molar-refractivity contribution in [2.45, 2.75) is 19.3 Å². The molecule has 8 heteroatoms. The molecule has 1 aromatic carbocycles. The topological polar surface area (TPSA) is 71.3 Å². The molecule has 0 radical (unpaired) electrons. The summed E-state index contributed by atoms with van der Waals surface area (Å²) < 4.78 is 18.2. The lowest BCUT2D eigenvalue weighted by Gasteiger charge is -2.19. The van der Waals surface area contributed by atoms with Crippen LogP contribution >= 0.6 is 11.6 Å². The van der Waals surface area contributed by atoms with E-state index in [-0.39, 0.29) is 17.4 Å². The molecule has 1 amide bonds. The number of aryl methyl sites for hydroxylation is 1. The van der Waals surface area contributed by atoms with E-state index in [4.69, 9.17) is 16.1 Å². The minimum atomic E-state index is -0.454. The minimum absolute atomic E-state index is 0.155. The highest BCUT2D eigenvalue weighted by molar-refractivity contribution is 6.33. The van der Waals surface area contributed by atoms with Crippen molar-refractivity contribution in [2.24, 2.45) is 0 Å². The number of aromatic nitrogens is 2. The van der Waals surface area contributed by atoms with Crippen LogP contribution in [0.1, 0.15) is 24.6 Å². The van der Waals surface area contributed by atoms with E-state index in [1.165, 1.54) is 12.1 Å². The molecule has 1 N–H and O–H groups in total. The molecular formula is C17H18ClFN4O2. The molecule has 25 heavy (non-hydrogen) atoms. The Kier molecular flexibility index (Phi) is 5.45. The summed E-state index contributed by atoms with van der Waals surface area (Å²) in [5.41, 5.74) is 1.44. The average molecular weight is 365 g/mol. The molecule has 0 saturated heterocycles. The standard InChI is InChI=1S/C17H18ClFN4O2/c1-23-8-6-11(7-9-23)17-21-16(25-22-17)5-4-15(24)20-14-3-2-12(19)10-13(14)18/h2-3,6,10H,4-5,7-9H2,1H3,(H,20,24). The third-order valence-corrected chi connectivity index (χ3v) is 4.25. The number of nitrogens with zero attached hydrogens (tertiary/aromatic N) is 3. The Labute approximate surface area is 149 Å². The van der Waals surface area contributed by atoms with Gasteiger partial charge in [-0.05, 0) is 37.2 Å². The van der Waals surface area contributed by atoms with Gasteiger partial charge in [-0.25, -0.2) is 4.39 Å². The summed E-state index contributed by atoms with van der Waals surface area (Å²) >= 11 is 5.89. The van der Waals surface area contributed by atoms with Crippen molar-refractivity contribution in [2.75, 3.05) is 25.5 Å². The van der Waals surface area contributed by atoms with Crippen LogP contribution in [-0.2, 0) is 11.2 Å². The first-order chi connectivity index (χ1) is 12.0. The van der Waals surface area contributed by atoms with Gasteiger partial charge in [-0.1, -0.05) is 22.8 Å². The summed E-state index contributed by atoms with van der Waals surface area (Å²) in [5.74, 6) is 0.289. The second kappa shape index (κ2) is 7.76. The number of amides is 1. The highest BCUT2D eigenvalue weighted by Crippen LogP contribution is 2.23. The summed E-state index contributed by atoms with van der Waals surface area (Å²) in [6.07, 6.45) is 3.45. The summed E-state index contributed by atoms with van der Waals surface area (Å²) in [5, 5.41) is 6.78. The fourth-order valence-corrected chi connectivity index (χ4v) is 2.70. The summed E-state index contributed by atoms with van der Waals surface area (Å²) in [6.45, 7) is 1.82. The molecule has 1 aliphatic heterocycles. The van der Waals surface area contributed by atoms with E-state index in [0.29, 0.717) is 23.8 Å². The monoisotopic (exact) mass is 364 g/mol. The highest BCUT2D eigenvalue weighted by Gasteiger charge is 2.16. The van der Waals surface area contributed by atoms with E-state index in [1.807, 2.05) is 0 Å². The Balaban J connectivity index is 1.54. The quantitative estimate of drug-likeness (QED) is 0.882. The average Bonchev–Trinajstić information content (AvgIpc) is 3.05. The Bertz CT molecular complexity index is 806. The van der Waals surface area contributed by atoms with Gasteiger partial charge in [0.15, 0.2) is 5.82 Å². The first-order valence-electron chi connectivity index (χ1n) is 7.96. The molecule has 0 fully saturated rings. The summed E-state index contributed by atoms with van der Waals surface area (Å²) in [7, 11) is 2.06. The smallest absolute Gasteiger partial charge is 0.227 e. The van der Waals surface area contributed by atoms with Gasteiger partial charge < -0.3 is 14.7 Å². The fraction of sp³-hybridized carbons (Fsp3) is 0.353. The van der Waals surface area contributed by atoms with E-state index in [9.17, 15) is 9.18 Å². The van der Waals surface area contributed by atoms with Gasteiger partial charge in [0, 0.05) is 25.9 Å². The summed E-state index contributed by atoms with van der Waals surface area (Å²) in [4.78, 5) is 18.5. The van der Waals surface area contributed by atoms with E-state index in [0.717, 1.165) is 31.1 Å². The molecule has 3 rings (SSSR count). The zero-order chi connectivity index (χ0) is 17.8. The molecule has 0 saturated carbocycles. The van der Waals surface area contributed by atoms with Crippen molar-refractivity contribution >= 4 is 28.8 Å². The highest BCUT2D eigenvalue weighted by atomic mass is 35.5. The number of carbonyl (C=O) groups excluding carboxylic acids is 1. The molecule has 0 atom stereocenters. The Morgan fingerprint density at radius 2 is 2.32 bits per heavy atom. The fourth-order valence-electron chi connectivity index (χ4n) is 2.48. The molecule has 2 heterocycles. The second-order valence-electron chi connectivity index (χ2n) is 5.93. The van der Waals surface area contributed by atoms with Gasteiger partial charge in [0.25, 0.3) is 0 Å². The van der Waals surface area contributed by atoms with E-state index < -0.39 is 5.82 Å². The molecule has 6 nitrogen and oxygen atoms in total. The van der Waals surface area contributed by atoms with Gasteiger partial charge >= 0.3 is 0 Å². The largest absolute Gasteiger partial charge is 0.339 e. The number of hydrogen-bond acceptors (Lipinski definition) is 5. The van der Waals surface area contributed by atoms with Crippen LogP contribution in [-0.4, -0.2) is 41.1 Å². The molecule has 1 aliphatic rings. The van der Waals surface area contributed by atoms with Crippen LogP contribution in [0, 0.1) is 5.82 Å². The van der Waals surface area contributed by atoms with Crippen LogP contribution in [0.5, 0.6) is 0 Å².